The van der Waals surface area contributed by atoms with Gasteiger partial charge in [-0.05, 0) is 12.8 Å². The average Bonchev–Trinajstić information content (AvgIpc) is 2.54. The third kappa shape index (κ3) is 4.08. The van der Waals surface area contributed by atoms with Crippen LogP contribution in [0.4, 0.5) is 0 Å². The van der Waals surface area contributed by atoms with Crippen LogP contribution >= 0.6 is 12.6 Å². The molecule has 0 atom stereocenters. The van der Waals surface area contributed by atoms with E-state index >= 15 is 0 Å². The smallest absolute Gasteiger partial charge is 0.253 e. The third-order valence-corrected chi connectivity index (χ3v) is 2.72. The van der Waals surface area contributed by atoms with E-state index in [-0.39, 0.29) is 11.8 Å². The summed E-state index contributed by atoms with van der Waals surface area (Å²) in [7, 11) is 0. The highest BCUT2D eigenvalue weighted by atomic mass is 32.1. The first-order chi connectivity index (χ1) is 7.25. The van der Waals surface area contributed by atoms with E-state index in [4.69, 9.17) is 12.6 Å². The number of carbonyl (C=O) groups is 2. The van der Waals surface area contributed by atoms with Crippen LogP contribution in [0.25, 0.3) is 0 Å². The molecular formula is C11H16NO2S. The first kappa shape index (κ1) is 12.3. The topological polar surface area (TPSA) is 37.4 Å². The lowest BCUT2D eigenvalue weighted by molar-refractivity contribution is -0.136. The second-order valence-corrected chi connectivity index (χ2v) is 4.04. The van der Waals surface area contributed by atoms with Gasteiger partial charge in [0.05, 0.1) is 0 Å². The van der Waals surface area contributed by atoms with Gasteiger partial charge in [0.2, 0.25) is 0 Å². The molecule has 0 spiro atoms. The molecule has 1 heterocycles. The van der Waals surface area contributed by atoms with Crippen molar-refractivity contribution in [1.29, 1.82) is 0 Å². The van der Waals surface area contributed by atoms with E-state index in [1.54, 1.807) is 0 Å². The summed E-state index contributed by atoms with van der Waals surface area (Å²) in [5.41, 5.74) is 0. The SMILES string of the molecule is O=C1C=CC(=O)N1CCCCCCC[S]. The maximum absolute atomic E-state index is 11.2. The molecule has 1 rings (SSSR count). The molecule has 0 aromatic rings. The molecule has 2 amide bonds. The molecule has 0 aliphatic carbocycles. The van der Waals surface area contributed by atoms with Crippen LogP contribution in [0.3, 0.4) is 0 Å². The van der Waals surface area contributed by atoms with E-state index in [9.17, 15) is 9.59 Å². The molecule has 15 heavy (non-hydrogen) atoms. The highest BCUT2D eigenvalue weighted by molar-refractivity contribution is 7.80. The lowest BCUT2D eigenvalue weighted by atomic mass is 10.1. The largest absolute Gasteiger partial charge is 0.275 e. The summed E-state index contributed by atoms with van der Waals surface area (Å²) in [6.07, 6.45) is 8.02. The van der Waals surface area contributed by atoms with Gasteiger partial charge in [0.25, 0.3) is 11.8 Å². The summed E-state index contributed by atoms with van der Waals surface area (Å²) in [6, 6.07) is 0. The van der Waals surface area contributed by atoms with Crippen LogP contribution in [0.5, 0.6) is 0 Å². The van der Waals surface area contributed by atoms with Crippen LogP contribution in [0.1, 0.15) is 32.1 Å². The lowest BCUT2D eigenvalue weighted by Crippen LogP contribution is -2.30. The van der Waals surface area contributed by atoms with Gasteiger partial charge in [-0.25, -0.2) is 0 Å². The van der Waals surface area contributed by atoms with Gasteiger partial charge in [0.1, 0.15) is 0 Å². The van der Waals surface area contributed by atoms with Crippen LogP contribution < -0.4 is 0 Å². The van der Waals surface area contributed by atoms with Crippen LogP contribution in [0.15, 0.2) is 12.2 Å². The first-order valence-corrected chi connectivity index (χ1v) is 5.95. The number of unbranched alkanes of at least 4 members (excludes halogenated alkanes) is 4. The number of hydrogen-bond donors (Lipinski definition) is 0. The molecule has 0 unspecified atom stereocenters. The van der Waals surface area contributed by atoms with Crippen molar-refractivity contribution in [2.45, 2.75) is 32.1 Å². The fourth-order valence-electron chi connectivity index (χ4n) is 1.55. The van der Waals surface area contributed by atoms with Gasteiger partial charge in [0, 0.05) is 24.4 Å². The quantitative estimate of drug-likeness (QED) is 0.492. The van der Waals surface area contributed by atoms with Gasteiger partial charge >= 0.3 is 0 Å². The fourth-order valence-corrected chi connectivity index (χ4v) is 1.76. The van der Waals surface area contributed by atoms with Gasteiger partial charge < -0.3 is 0 Å². The molecule has 83 valence electrons. The van der Waals surface area contributed by atoms with Crippen molar-refractivity contribution < 1.29 is 9.59 Å². The summed E-state index contributed by atoms with van der Waals surface area (Å²) < 4.78 is 0. The maximum Gasteiger partial charge on any atom is 0.253 e. The zero-order valence-electron chi connectivity index (χ0n) is 8.78. The van der Waals surface area contributed by atoms with Gasteiger partial charge in [-0.3, -0.25) is 14.5 Å². The molecule has 1 aliphatic heterocycles. The summed E-state index contributed by atoms with van der Waals surface area (Å²) in [5, 5.41) is 0. The Morgan fingerprint density at radius 1 is 0.933 bits per heavy atom. The molecule has 1 radical (unpaired) electrons. The van der Waals surface area contributed by atoms with Crippen LogP contribution in [0, 0.1) is 0 Å². The molecule has 0 aromatic heterocycles. The number of carbonyl (C=O) groups excluding carboxylic acids is 2. The summed E-state index contributed by atoms with van der Waals surface area (Å²) >= 11 is 4.84. The average molecular weight is 226 g/mol. The minimum absolute atomic E-state index is 0.175. The Balaban J connectivity index is 2.05. The van der Waals surface area contributed by atoms with Crippen molar-refractivity contribution in [3.8, 4) is 0 Å². The van der Waals surface area contributed by atoms with Crippen molar-refractivity contribution in [3.05, 3.63) is 12.2 Å². The Kier molecular flexibility index (Phi) is 5.47. The van der Waals surface area contributed by atoms with E-state index in [1.165, 1.54) is 17.1 Å². The van der Waals surface area contributed by atoms with Crippen molar-refractivity contribution in [3.63, 3.8) is 0 Å². The molecule has 4 heteroatoms. The molecule has 0 aromatic carbocycles. The van der Waals surface area contributed by atoms with Crippen molar-refractivity contribution in [2.24, 2.45) is 0 Å². The lowest BCUT2D eigenvalue weighted by Gasteiger charge is -2.12. The van der Waals surface area contributed by atoms with Crippen LogP contribution in [0.2, 0.25) is 0 Å². The number of imide groups is 1. The molecule has 0 N–H and O–H groups in total. The van der Waals surface area contributed by atoms with Crippen LogP contribution in [-0.4, -0.2) is 29.0 Å². The van der Waals surface area contributed by atoms with Crippen molar-refractivity contribution >= 4 is 24.4 Å². The Morgan fingerprint density at radius 2 is 1.47 bits per heavy atom. The Bertz CT molecular complexity index is 245. The Hall–Kier alpha value is -0.770. The second-order valence-electron chi connectivity index (χ2n) is 3.63. The van der Waals surface area contributed by atoms with Gasteiger partial charge in [-0.2, -0.15) is 0 Å². The van der Waals surface area contributed by atoms with Crippen LogP contribution in [-0.2, 0) is 9.59 Å². The Labute approximate surface area is 95.9 Å². The monoisotopic (exact) mass is 226 g/mol. The molecule has 0 fully saturated rings. The predicted octanol–water partition coefficient (Wildman–Crippen LogP) is 2.06. The summed E-state index contributed by atoms with van der Waals surface area (Å²) in [4.78, 5) is 23.6. The van der Waals surface area contributed by atoms with Crippen molar-refractivity contribution in [2.75, 3.05) is 12.3 Å². The fraction of sp³-hybridized carbons (Fsp3) is 0.636. The summed E-state index contributed by atoms with van der Waals surface area (Å²) in [6.45, 7) is 0.554. The third-order valence-electron chi connectivity index (χ3n) is 2.43. The van der Waals surface area contributed by atoms with Gasteiger partial charge in [0.15, 0.2) is 0 Å². The summed E-state index contributed by atoms with van der Waals surface area (Å²) in [5.74, 6) is 0.476. The minimum Gasteiger partial charge on any atom is -0.275 e. The zero-order valence-corrected chi connectivity index (χ0v) is 9.59. The standard InChI is InChI=1S/C11H16NO2S/c13-10-6-7-11(14)12(10)8-4-2-1-3-5-9-15/h6-7H,1-5,8-9H2. The van der Waals surface area contributed by atoms with E-state index in [2.05, 4.69) is 0 Å². The highest BCUT2D eigenvalue weighted by Gasteiger charge is 2.21. The van der Waals surface area contributed by atoms with Crippen molar-refractivity contribution in [1.82, 2.24) is 4.90 Å². The Morgan fingerprint density at radius 3 is 2.07 bits per heavy atom. The van der Waals surface area contributed by atoms with Gasteiger partial charge in [-0.1, -0.05) is 31.9 Å². The molecule has 0 saturated heterocycles. The predicted molar refractivity (Wildman–Crippen MR) is 61.4 cm³/mol. The molecule has 3 nitrogen and oxygen atoms in total. The molecule has 1 aliphatic rings. The molecular weight excluding hydrogens is 210 g/mol. The van der Waals surface area contributed by atoms with E-state index < -0.39 is 0 Å². The zero-order chi connectivity index (χ0) is 11.1. The van der Waals surface area contributed by atoms with E-state index in [1.807, 2.05) is 0 Å². The second kappa shape index (κ2) is 6.67. The molecule has 0 bridgehead atoms. The minimum atomic E-state index is -0.175. The van der Waals surface area contributed by atoms with E-state index in [0.717, 1.165) is 37.9 Å². The normalized spacial score (nSPS) is 15.4. The maximum atomic E-state index is 11.2. The first-order valence-electron chi connectivity index (χ1n) is 5.37. The number of amides is 2. The highest BCUT2D eigenvalue weighted by Crippen LogP contribution is 2.08. The van der Waals surface area contributed by atoms with E-state index in [0.29, 0.717) is 6.54 Å². The van der Waals surface area contributed by atoms with Gasteiger partial charge in [-0.15, -0.1) is 0 Å². The number of nitrogens with zero attached hydrogens (tertiary/aromatic N) is 1. The molecule has 0 saturated carbocycles. The number of rotatable bonds is 7. The number of hydrogen-bond acceptors (Lipinski definition) is 2.